The van der Waals surface area contributed by atoms with Crippen molar-refractivity contribution in [3.8, 4) is 0 Å². The molecule has 2 aliphatic rings. The summed E-state index contributed by atoms with van der Waals surface area (Å²) in [4.78, 5) is 27.9. The van der Waals surface area contributed by atoms with E-state index in [0.717, 1.165) is 66.4 Å². The van der Waals surface area contributed by atoms with Gasteiger partial charge < -0.3 is 15.0 Å². The molecular formula is C25H24FN5O2. The number of hydrogen-bond donors (Lipinski definition) is 1. The predicted octanol–water partition coefficient (Wildman–Crippen LogP) is 2.81. The molecule has 8 heteroatoms. The number of halogens is 1. The van der Waals surface area contributed by atoms with Gasteiger partial charge in [-0.1, -0.05) is 18.2 Å². The number of carbonyl (C=O) groups excluding carboxylic acids is 1. The third kappa shape index (κ3) is 4.75. The Balaban J connectivity index is 1.24. The molecule has 1 amide bonds. The molecule has 0 bridgehead atoms. The minimum Gasteiger partial charge on any atom is -0.378 e. The summed E-state index contributed by atoms with van der Waals surface area (Å²) in [6.07, 6.45) is 8.70. The largest absolute Gasteiger partial charge is 0.378 e. The van der Waals surface area contributed by atoms with Crippen LogP contribution in [0.15, 0.2) is 55.0 Å². The quantitative estimate of drug-likeness (QED) is 0.629. The monoisotopic (exact) mass is 445 g/mol. The SMILES string of the molecule is O=C(NCCc1cccc(F)c1)c1ncc(C2=CCc3ncc(N4CCOCC4)cc32)cn1. The molecule has 0 radical (unpaired) electrons. The first-order chi connectivity index (χ1) is 16.2. The van der Waals surface area contributed by atoms with Crippen LogP contribution in [-0.2, 0) is 17.6 Å². The van der Waals surface area contributed by atoms with E-state index in [1.54, 1.807) is 18.5 Å². The summed E-state index contributed by atoms with van der Waals surface area (Å²) in [6.45, 7) is 3.53. The zero-order chi connectivity index (χ0) is 22.6. The lowest BCUT2D eigenvalue weighted by Gasteiger charge is -2.29. The second-order valence-electron chi connectivity index (χ2n) is 8.04. The van der Waals surface area contributed by atoms with Gasteiger partial charge in [-0.25, -0.2) is 14.4 Å². The van der Waals surface area contributed by atoms with Crippen molar-refractivity contribution in [3.63, 3.8) is 0 Å². The average molecular weight is 445 g/mol. The summed E-state index contributed by atoms with van der Waals surface area (Å²) in [5, 5.41) is 2.79. The van der Waals surface area contributed by atoms with Crippen LogP contribution in [0.2, 0.25) is 0 Å². The Hall–Kier alpha value is -3.65. The first kappa shape index (κ1) is 21.2. The van der Waals surface area contributed by atoms with Gasteiger partial charge in [0.2, 0.25) is 5.82 Å². The number of nitrogens with one attached hydrogen (secondary N) is 1. The molecule has 1 aliphatic carbocycles. The summed E-state index contributed by atoms with van der Waals surface area (Å²) in [5.41, 5.74) is 5.90. The number of pyridine rings is 1. The highest BCUT2D eigenvalue weighted by atomic mass is 19.1. The minimum absolute atomic E-state index is 0.108. The molecular weight excluding hydrogens is 421 g/mol. The van der Waals surface area contributed by atoms with Gasteiger partial charge in [0.05, 0.1) is 30.8 Å². The van der Waals surface area contributed by atoms with Crippen LogP contribution < -0.4 is 10.2 Å². The van der Waals surface area contributed by atoms with Crippen LogP contribution in [0.5, 0.6) is 0 Å². The molecule has 1 N–H and O–H groups in total. The molecule has 1 saturated heterocycles. The van der Waals surface area contributed by atoms with Gasteiger partial charge in [-0.15, -0.1) is 0 Å². The second kappa shape index (κ2) is 9.46. The summed E-state index contributed by atoms with van der Waals surface area (Å²) in [7, 11) is 0. The predicted molar refractivity (Wildman–Crippen MR) is 123 cm³/mol. The lowest BCUT2D eigenvalue weighted by Crippen LogP contribution is -2.36. The van der Waals surface area contributed by atoms with E-state index in [2.05, 4.69) is 37.3 Å². The van der Waals surface area contributed by atoms with E-state index in [1.807, 2.05) is 12.3 Å². The molecule has 3 aromatic rings. The zero-order valence-corrected chi connectivity index (χ0v) is 18.1. The molecule has 1 aromatic carbocycles. The van der Waals surface area contributed by atoms with Crippen LogP contribution in [-0.4, -0.2) is 53.7 Å². The van der Waals surface area contributed by atoms with E-state index in [0.29, 0.717) is 13.0 Å². The number of carbonyl (C=O) groups is 1. The van der Waals surface area contributed by atoms with Crippen molar-refractivity contribution in [2.75, 3.05) is 37.7 Å². The normalized spacial score (nSPS) is 15.2. The summed E-state index contributed by atoms with van der Waals surface area (Å²) < 4.78 is 18.7. The van der Waals surface area contributed by atoms with E-state index in [4.69, 9.17) is 4.74 Å². The van der Waals surface area contributed by atoms with E-state index >= 15 is 0 Å². The Labute approximate surface area is 191 Å². The molecule has 0 unspecified atom stereocenters. The lowest BCUT2D eigenvalue weighted by atomic mass is 10.0. The van der Waals surface area contributed by atoms with Gasteiger partial charge in [-0.3, -0.25) is 9.78 Å². The highest BCUT2D eigenvalue weighted by molar-refractivity contribution is 5.91. The third-order valence-electron chi connectivity index (χ3n) is 5.88. The minimum atomic E-state index is -0.352. The maximum absolute atomic E-state index is 13.3. The Bertz CT molecular complexity index is 1190. The molecule has 33 heavy (non-hydrogen) atoms. The molecule has 168 valence electrons. The molecule has 1 aliphatic heterocycles. The van der Waals surface area contributed by atoms with Gasteiger partial charge >= 0.3 is 0 Å². The van der Waals surface area contributed by atoms with E-state index < -0.39 is 0 Å². The first-order valence-electron chi connectivity index (χ1n) is 11.0. The maximum Gasteiger partial charge on any atom is 0.289 e. The number of aromatic nitrogens is 3. The summed E-state index contributed by atoms with van der Waals surface area (Å²) >= 11 is 0. The maximum atomic E-state index is 13.3. The highest BCUT2D eigenvalue weighted by Gasteiger charge is 2.21. The Morgan fingerprint density at radius 3 is 2.70 bits per heavy atom. The molecule has 3 heterocycles. The highest BCUT2D eigenvalue weighted by Crippen LogP contribution is 2.33. The fraction of sp³-hybridized carbons (Fsp3) is 0.280. The topological polar surface area (TPSA) is 80.2 Å². The second-order valence-corrected chi connectivity index (χ2v) is 8.04. The number of morpholine rings is 1. The number of rotatable bonds is 6. The molecule has 1 fully saturated rings. The van der Waals surface area contributed by atoms with E-state index in [9.17, 15) is 9.18 Å². The van der Waals surface area contributed by atoms with Crippen molar-refractivity contribution in [1.82, 2.24) is 20.3 Å². The number of anilines is 1. The number of nitrogens with zero attached hydrogens (tertiary/aromatic N) is 4. The standard InChI is InChI=1S/C25H24FN5O2/c26-19-3-1-2-17(12-19)6-7-27-25(32)24-29-14-18(15-30-24)21-4-5-23-22(21)13-20(16-28-23)31-8-10-33-11-9-31/h1-4,12-16H,5-11H2,(H,27,32). The molecule has 0 atom stereocenters. The smallest absolute Gasteiger partial charge is 0.289 e. The molecule has 2 aromatic heterocycles. The van der Waals surface area contributed by atoms with Gasteiger partial charge in [-0.2, -0.15) is 0 Å². The fourth-order valence-corrected chi connectivity index (χ4v) is 4.13. The Morgan fingerprint density at radius 2 is 1.91 bits per heavy atom. The van der Waals surface area contributed by atoms with Gasteiger partial charge in [0.15, 0.2) is 0 Å². The average Bonchev–Trinajstić information content (AvgIpc) is 3.28. The van der Waals surface area contributed by atoms with Crippen LogP contribution in [0, 0.1) is 5.82 Å². The Morgan fingerprint density at radius 1 is 1.09 bits per heavy atom. The van der Waals surface area contributed by atoms with Gasteiger partial charge in [0, 0.05) is 49.6 Å². The van der Waals surface area contributed by atoms with Crippen LogP contribution >= 0.6 is 0 Å². The van der Waals surface area contributed by atoms with Crippen molar-refractivity contribution >= 4 is 17.2 Å². The Kier molecular flexibility index (Phi) is 6.08. The molecule has 5 rings (SSSR count). The van der Waals surface area contributed by atoms with Crippen LogP contribution in [0.1, 0.15) is 33.0 Å². The molecule has 0 spiro atoms. The van der Waals surface area contributed by atoms with E-state index in [-0.39, 0.29) is 17.5 Å². The number of benzene rings is 1. The van der Waals surface area contributed by atoms with Crippen molar-refractivity contribution < 1.29 is 13.9 Å². The van der Waals surface area contributed by atoms with Crippen LogP contribution in [0.3, 0.4) is 0 Å². The van der Waals surface area contributed by atoms with Crippen molar-refractivity contribution in [3.05, 3.63) is 89.0 Å². The number of allylic oxidation sites excluding steroid dienone is 1. The summed E-state index contributed by atoms with van der Waals surface area (Å²) in [6, 6.07) is 8.51. The summed E-state index contributed by atoms with van der Waals surface area (Å²) in [5.74, 6) is -0.528. The van der Waals surface area contributed by atoms with Crippen molar-refractivity contribution in [1.29, 1.82) is 0 Å². The number of hydrogen-bond acceptors (Lipinski definition) is 6. The van der Waals surface area contributed by atoms with Gasteiger partial charge in [0.25, 0.3) is 5.91 Å². The number of fused-ring (bicyclic) bond motifs is 1. The number of ether oxygens (including phenoxy) is 1. The van der Waals surface area contributed by atoms with E-state index in [1.165, 1.54) is 12.1 Å². The van der Waals surface area contributed by atoms with Crippen molar-refractivity contribution in [2.24, 2.45) is 0 Å². The van der Waals surface area contributed by atoms with Crippen molar-refractivity contribution in [2.45, 2.75) is 12.8 Å². The number of amides is 1. The van der Waals surface area contributed by atoms with Gasteiger partial charge in [0.1, 0.15) is 5.82 Å². The fourth-order valence-electron chi connectivity index (χ4n) is 4.13. The third-order valence-corrected chi connectivity index (χ3v) is 5.88. The van der Waals surface area contributed by atoms with Crippen LogP contribution in [0.25, 0.3) is 5.57 Å². The van der Waals surface area contributed by atoms with Crippen LogP contribution in [0.4, 0.5) is 10.1 Å². The first-order valence-corrected chi connectivity index (χ1v) is 11.0. The molecule has 7 nitrogen and oxygen atoms in total. The zero-order valence-electron chi connectivity index (χ0n) is 18.1. The molecule has 0 saturated carbocycles. The lowest BCUT2D eigenvalue weighted by molar-refractivity contribution is 0.0943. The van der Waals surface area contributed by atoms with Gasteiger partial charge in [-0.05, 0) is 35.8 Å².